The van der Waals surface area contributed by atoms with E-state index >= 15 is 0 Å². The topological polar surface area (TPSA) is 36.4 Å². The van der Waals surface area contributed by atoms with E-state index in [0.29, 0.717) is 6.54 Å². The molecule has 0 fully saturated rings. The SMILES string of the molecule is CN(CC(C)(C)O)c1ncc(Br)s1. The van der Waals surface area contributed by atoms with Crippen molar-refractivity contribution in [3.05, 3.63) is 9.98 Å². The van der Waals surface area contributed by atoms with Gasteiger partial charge in [-0.05, 0) is 29.8 Å². The molecule has 0 radical (unpaired) electrons. The zero-order valence-corrected chi connectivity index (χ0v) is 10.3. The lowest BCUT2D eigenvalue weighted by atomic mass is 10.1. The maximum atomic E-state index is 9.58. The Hall–Kier alpha value is -0.130. The van der Waals surface area contributed by atoms with Gasteiger partial charge in [-0.1, -0.05) is 11.3 Å². The van der Waals surface area contributed by atoms with E-state index in [-0.39, 0.29) is 0 Å². The Kier molecular flexibility index (Phi) is 3.32. The van der Waals surface area contributed by atoms with Gasteiger partial charge < -0.3 is 10.0 Å². The van der Waals surface area contributed by atoms with Gasteiger partial charge in [-0.3, -0.25) is 0 Å². The Bertz CT molecular complexity index is 282. The molecular weight excluding hydrogens is 252 g/mol. The van der Waals surface area contributed by atoms with Gasteiger partial charge in [0, 0.05) is 13.6 Å². The van der Waals surface area contributed by atoms with E-state index in [9.17, 15) is 5.11 Å². The Labute approximate surface area is 90.5 Å². The predicted octanol–water partition coefficient (Wildman–Crippen LogP) is 2.11. The summed E-state index contributed by atoms with van der Waals surface area (Å²) in [7, 11) is 1.92. The zero-order valence-electron chi connectivity index (χ0n) is 7.91. The average Bonchev–Trinajstić information content (AvgIpc) is 2.31. The van der Waals surface area contributed by atoms with Crippen molar-refractivity contribution in [2.45, 2.75) is 19.4 Å². The number of likely N-dealkylation sites (N-methyl/N-ethyl adjacent to an activating group) is 1. The van der Waals surface area contributed by atoms with Crippen LogP contribution in [0.15, 0.2) is 9.98 Å². The van der Waals surface area contributed by atoms with Crippen LogP contribution >= 0.6 is 27.3 Å². The minimum Gasteiger partial charge on any atom is -0.389 e. The first kappa shape index (κ1) is 10.9. The van der Waals surface area contributed by atoms with Crippen molar-refractivity contribution in [3.8, 4) is 0 Å². The fourth-order valence-corrected chi connectivity index (χ4v) is 2.21. The van der Waals surface area contributed by atoms with Gasteiger partial charge in [0.1, 0.15) is 0 Å². The smallest absolute Gasteiger partial charge is 0.186 e. The molecule has 0 unspecified atom stereocenters. The van der Waals surface area contributed by atoms with Crippen molar-refractivity contribution in [2.24, 2.45) is 0 Å². The number of aliphatic hydroxyl groups is 1. The van der Waals surface area contributed by atoms with Crippen molar-refractivity contribution in [3.63, 3.8) is 0 Å². The van der Waals surface area contributed by atoms with Gasteiger partial charge in [0.25, 0.3) is 0 Å². The molecule has 3 nitrogen and oxygen atoms in total. The molecule has 0 spiro atoms. The standard InChI is InChI=1S/C8H13BrN2OS/c1-8(2,12)5-11(3)7-10-4-6(9)13-7/h4,12H,5H2,1-3H3. The van der Waals surface area contributed by atoms with Crippen LogP contribution in [0.1, 0.15) is 13.8 Å². The first-order valence-electron chi connectivity index (χ1n) is 3.93. The van der Waals surface area contributed by atoms with E-state index in [1.54, 1.807) is 31.4 Å². The number of thiazole rings is 1. The molecule has 0 aliphatic rings. The van der Waals surface area contributed by atoms with Crippen LogP contribution < -0.4 is 4.90 Å². The maximum absolute atomic E-state index is 9.58. The van der Waals surface area contributed by atoms with Gasteiger partial charge in [0.15, 0.2) is 5.13 Å². The highest BCUT2D eigenvalue weighted by atomic mass is 79.9. The van der Waals surface area contributed by atoms with Crippen LogP contribution in [0.5, 0.6) is 0 Å². The fourth-order valence-electron chi connectivity index (χ4n) is 1.07. The average molecular weight is 265 g/mol. The number of halogens is 1. The van der Waals surface area contributed by atoms with Crippen LogP contribution in [0.4, 0.5) is 5.13 Å². The third-order valence-corrected chi connectivity index (χ3v) is 3.01. The Morgan fingerprint density at radius 1 is 1.69 bits per heavy atom. The van der Waals surface area contributed by atoms with E-state index in [1.165, 1.54) is 0 Å². The molecule has 74 valence electrons. The highest BCUT2D eigenvalue weighted by Gasteiger charge is 2.17. The number of hydrogen-bond donors (Lipinski definition) is 1. The lowest BCUT2D eigenvalue weighted by molar-refractivity contribution is 0.0886. The van der Waals surface area contributed by atoms with Crippen LogP contribution in [0.3, 0.4) is 0 Å². The van der Waals surface area contributed by atoms with Gasteiger partial charge in [0.2, 0.25) is 0 Å². The second kappa shape index (κ2) is 3.94. The third-order valence-electron chi connectivity index (χ3n) is 1.42. The van der Waals surface area contributed by atoms with Crippen LogP contribution in [-0.4, -0.2) is 29.3 Å². The Morgan fingerprint density at radius 2 is 2.31 bits per heavy atom. The summed E-state index contributed by atoms with van der Waals surface area (Å²) in [5.74, 6) is 0. The molecule has 0 aliphatic carbocycles. The second-order valence-electron chi connectivity index (χ2n) is 3.62. The monoisotopic (exact) mass is 264 g/mol. The Morgan fingerprint density at radius 3 is 2.69 bits per heavy atom. The number of hydrogen-bond acceptors (Lipinski definition) is 4. The lowest BCUT2D eigenvalue weighted by Gasteiger charge is -2.24. The number of nitrogens with zero attached hydrogens (tertiary/aromatic N) is 2. The summed E-state index contributed by atoms with van der Waals surface area (Å²) in [5, 5.41) is 10.5. The lowest BCUT2D eigenvalue weighted by Crippen LogP contribution is -2.36. The summed E-state index contributed by atoms with van der Waals surface area (Å²) in [6, 6.07) is 0. The molecule has 13 heavy (non-hydrogen) atoms. The Balaban J connectivity index is 2.64. The molecule has 0 atom stereocenters. The van der Waals surface area contributed by atoms with Crippen LogP contribution in [0.25, 0.3) is 0 Å². The molecule has 1 rings (SSSR count). The van der Waals surface area contributed by atoms with Gasteiger partial charge in [-0.25, -0.2) is 4.98 Å². The normalized spacial score (nSPS) is 11.8. The quantitative estimate of drug-likeness (QED) is 0.909. The van der Waals surface area contributed by atoms with E-state index in [4.69, 9.17) is 0 Å². The van der Waals surface area contributed by atoms with E-state index in [2.05, 4.69) is 20.9 Å². The summed E-state index contributed by atoms with van der Waals surface area (Å²) in [6.07, 6.45) is 1.76. The van der Waals surface area contributed by atoms with Crippen molar-refractivity contribution in [1.29, 1.82) is 0 Å². The third kappa shape index (κ3) is 3.62. The van der Waals surface area contributed by atoms with Crippen LogP contribution in [-0.2, 0) is 0 Å². The largest absolute Gasteiger partial charge is 0.389 e. The minimum absolute atomic E-state index is 0.576. The second-order valence-corrected chi connectivity index (χ2v) is 6.00. The van der Waals surface area contributed by atoms with Crippen molar-refractivity contribution >= 4 is 32.4 Å². The maximum Gasteiger partial charge on any atom is 0.186 e. The van der Waals surface area contributed by atoms with E-state index in [0.717, 1.165) is 8.92 Å². The number of aromatic nitrogens is 1. The van der Waals surface area contributed by atoms with E-state index in [1.807, 2.05) is 11.9 Å². The van der Waals surface area contributed by atoms with Crippen LogP contribution in [0.2, 0.25) is 0 Å². The fraction of sp³-hybridized carbons (Fsp3) is 0.625. The molecule has 1 N–H and O–H groups in total. The first-order chi connectivity index (χ1) is 5.88. The molecule has 0 saturated heterocycles. The van der Waals surface area contributed by atoms with Crippen molar-refractivity contribution < 1.29 is 5.11 Å². The molecule has 5 heteroatoms. The molecule has 0 saturated carbocycles. The zero-order chi connectivity index (χ0) is 10.1. The van der Waals surface area contributed by atoms with Crippen molar-refractivity contribution in [1.82, 2.24) is 4.98 Å². The summed E-state index contributed by atoms with van der Waals surface area (Å²) in [6.45, 7) is 4.14. The summed E-state index contributed by atoms with van der Waals surface area (Å²) in [5.41, 5.74) is -0.688. The van der Waals surface area contributed by atoms with Gasteiger partial charge >= 0.3 is 0 Å². The molecule has 0 aliphatic heterocycles. The summed E-state index contributed by atoms with van der Waals surface area (Å²) in [4.78, 5) is 6.13. The molecule has 1 aromatic heterocycles. The van der Waals surface area contributed by atoms with E-state index < -0.39 is 5.60 Å². The summed E-state index contributed by atoms with van der Waals surface area (Å²) < 4.78 is 1.00. The number of rotatable bonds is 3. The molecule has 1 aromatic rings. The van der Waals surface area contributed by atoms with Gasteiger partial charge in [-0.2, -0.15) is 0 Å². The molecule has 1 heterocycles. The number of anilines is 1. The van der Waals surface area contributed by atoms with Crippen LogP contribution in [0, 0.1) is 0 Å². The molecule has 0 amide bonds. The highest BCUT2D eigenvalue weighted by Crippen LogP contribution is 2.26. The van der Waals surface area contributed by atoms with Gasteiger partial charge in [0.05, 0.1) is 15.6 Å². The molecule has 0 aromatic carbocycles. The van der Waals surface area contributed by atoms with Gasteiger partial charge in [-0.15, -0.1) is 0 Å². The molecular formula is C8H13BrN2OS. The summed E-state index contributed by atoms with van der Waals surface area (Å²) >= 11 is 4.90. The first-order valence-corrected chi connectivity index (χ1v) is 5.54. The predicted molar refractivity (Wildman–Crippen MR) is 59.4 cm³/mol. The molecule has 0 bridgehead atoms. The van der Waals surface area contributed by atoms with Crippen molar-refractivity contribution in [2.75, 3.05) is 18.5 Å². The minimum atomic E-state index is -0.688. The highest BCUT2D eigenvalue weighted by molar-refractivity contribution is 9.11.